The normalized spacial score (nSPS) is 39.2. The van der Waals surface area contributed by atoms with Gasteiger partial charge in [0.15, 0.2) is 0 Å². The van der Waals surface area contributed by atoms with Crippen LogP contribution in [0.15, 0.2) is 0 Å². The topological polar surface area (TPSA) is 15.3 Å². The predicted molar refractivity (Wildman–Crippen MR) is 65.1 cm³/mol. The van der Waals surface area contributed by atoms with Gasteiger partial charge in [-0.1, -0.05) is 12.8 Å². The molecular weight excluding hydrogens is 184 g/mol. The van der Waals surface area contributed by atoms with Gasteiger partial charge < -0.3 is 5.32 Å². The van der Waals surface area contributed by atoms with Crippen LogP contribution in [0.2, 0.25) is 0 Å². The van der Waals surface area contributed by atoms with Crippen LogP contribution in [0.25, 0.3) is 0 Å². The van der Waals surface area contributed by atoms with E-state index in [1.165, 1.54) is 51.5 Å². The van der Waals surface area contributed by atoms with E-state index in [-0.39, 0.29) is 0 Å². The van der Waals surface area contributed by atoms with E-state index < -0.39 is 0 Å². The highest BCUT2D eigenvalue weighted by Gasteiger charge is 2.29. The molecule has 0 aromatic heterocycles. The molecule has 0 spiro atoms. The van der Waals surface area contributed by atoms with Crippen LogP contribution in [0.3, 0.4) is 0 Å². The van der Waals surface area contributed by atoms with Gasteiger partial charge in [0.25, 0.3) is 0 Å². The van der Waals surface area contributed by atoms with Gasteiger partial charge in [-0.15, -0.1) is 0 Å². The second-order valence-corrected chi connectivity index (χ2v) is 5.39. The van der Waals surface area contributed by atoms with Gasteiger partial charge >= 0.3 is 0 Å². The molecule has 3 atom stereocenters. The third-order valence-corrected chi connectivity index (χ3v) is 4.38. The summed E-state index contributed by atoms with van der Waals surface area (Å²) in [5.41, 5.74) is 0. The number of nitrogens with zero attached hydrogens (tertiary/aromatic N) is 1. The van der Waals surface area contributed by atoms with Gasteiger partial charge in [-0.3, -0.25) is 4.90 Å². The minimum absolute atomic E-state index is 0.776. The van der Waals surface area contributed by atoms with Crippen LogP contribution >= 0.6 is 0 Å². The molecule has 1 heterocycles. The first kappa shape index (κ1) is 11.4. The molecule has 2 heteroatoms. The monoisotopic (exact) mass is 210 g/mol. The number of piperidine rings is 1. The summed E-state index contributed by atoms with van der Waals surface area (Å²) in [7, 11) is 2.12. The molecule has 15 heavy (non-hydrogen) atoms. The lowest BCUT2D eigenvalue weighted by molar-refractivity contribution is 0.0737. The van der Waals surface area contributed by atoms with Gasteiger partial charge in [0.2, 0.25) is 0 Å². The zero-order chi connectivity index (χ0) is 10.7. The van der Waals surface area contributed by atoms with E-state index in [0.717, 1.165) is 18.1 Å². The van der Waals surface area contributed by atoms with Crippen molar-refractivity contribution in [2.75, 3.05) is 13.6 Å². The third-order valence-electron chi connectivity index (χ3n) is 4.38. The van der Waals surface area contributed by atoms with Crippen molar-refractivity contribution in [2.24, 2.45) is 0 Å². The summed E-state index contributed by atoms with van der Waals surface area (Å²) < 4.78 is 0. The highest BCUT2D eigenvalue weighted by atomic mass is 15.2. The Morgan fingerprint density at radius 1 is 1.07 bits per heavy atom. The molecule has 1 aliphatic heterocycles. The van der Waals surface area contributed by atoms with Crippen LogP contribution < -0.4 is 5.32 Å². The molecule has 1 aliphatic carbocycles. The van der Waals surface area contributed by atoms with E-state index in [9.17, 15) is 0 Å². The number of hydrogen-bond acceptors (Lipinski definition) is 2. The van der Waals surface area contributed by atoms with Gasteiger partial charge in [0.1, 0.15) is 0 Å². The Hall–Kier alpha value is -0.0800. The van der Waals surface area contributed by atoms with Crippen molar-refractivity contribution >= 4 is 0 Å². The molecule has 1 saturated carbocycles. The maximum absolute atomic E-state index is 3.46. The fraction of sp³-hybridized carbons (Fsp3) is 1.00. The molecule has 1 N–H and O–H groups in total. The minimum Gasteiger partial charge on any atom is -0.317 e. The molecule has 0 aromatic rings. The molecule has 2 aliphatic rings. The van der Waals surface area contributed by atoms with Crippen LogP contribution in [0.5, 0.6) is 0 Å². The van der Waals surface area contributed by atoms with Gasteiger partial charge in [0, 0.05) is 18.1 Å². The molecule has 2 nitrogen and oxygen atoms in total. The Kier molecular flexibility index (Phi) is 4.04. The summed E-state index contributed by atoms with van der Waals surface area (Å²) in [6.07, 6.45) is 9.89. The first-order valence-electron chi connectivity index (χ1n) is 6.74. The number of hydrogen-bond donors (Lipinski definition) is 1. The standard InChI is InChI=1S/C13H26N2/c1-11-6-3-4-9-15(11)13-8-5-7-12(10-13)14-2/h11-14H,3-10H2,1-2H3. The molecule has 0 bridgehead atoms. The quantitative estimate of drug-likeness (QED) is 0.753. The zero-order valence-corrected chi connectivity index (χ0v) is 10.3. The highest BCUT2D eigenvalue weighted by molar-refractivity contribution is 4.87. The lowest BCUT2D eigenvalue weighted by Gasteiger charge is -2.43. The van der Waals surface area contributed by atoms with Gasteiger partial charge in [0.05, 0.1) is 0 Å². The van der Waals surface area contributed by atoms with E-state index >= 15 is 0 Å². The number of likely N-dealkylation sites (tertiary alicyclic amines) is 1. The third kappa shape index (κ3) is 2.73. The molecule has 0 aromatic carbocycles. The SMILES string of the molecule is CNC1CCCC(N2CCCCC2C)C1. The van der Waals surface area contributed by atoms with Crippen molar-refractivity contribution < 1.29 is 0 Å². The first-order chi connectivity index (χ1) is 7.31. The van der Waals surface area contributed by atoms with E-state index in [4.69, 9.17) is 0 Å². The molecular formula is C13H26N2. The Morgan fingerprint density at radius 2 is 1.93 bits per heavy atom. The van der Waals surface area contributed by atoms with Crippen molar-refractivity contribution in [1.29, 1.82) is 0 Å². The second-order valence-electron chi connectivity index (χ2n) is 5.39. The summed E-state index contributed by atoms with van der Waals surface area (Å²) in [4.78, 5) is 2.78. The lowest BCUT2D eigenvalue weighted by atomic mass is 9.87. The van der Waals surface area contributed by atoms with Gasteiger partial charge in [-0.25, -0.2) is 0 Å². The van der Waals surface area contributed by atoms with E-state index in [0.29, 0.717) is 0 Å². The van der Waals surface area contributed by atoms with Crippen LogP contribution in [0.1, 0.15) is 51.9 Å². The average molecular weight is 210 g/mol. The maximum atomic E-state index is 3.46. The van der Waals surface area contributed by atoms with Gasteiger partial charge in [-0.2, -0.15) is 0 Å². The Balaban J connectivity index is 1.90. The highest BCUT2D eigenvalue weighted by Crippen LogP contribution is 2.28. The first-order valence-corrected chi connectivity index (χ1v) is 6.74. The summed E-state index contributed by atoms with van der Waals surface area (Å²) in [5, 5.41) is 3.46. The number of rotatable bonds is 2. The Labute approximate surface area is 94.4 Å². The molecule has 1 saturated heterocycles. The summed E-state index contributed by atoms with van der Waals surface area (Å²) in [5.74, 6) is 0. The number of nitrogens with one attached hydrogen (secondary N) is 1. The van der Waals surface area contributed by atoms with E-state index in [1.54, 1.807) is 0 Å². The van der Waals surface area contributed by atoms with Gasteiger partial charge in [-0.05, 0) is 52.6 Å². The molecule has 2 fully saturated rings. The van der Waals surface area contributed by atoms with Crippen LogP contribution in [0, 0.1) is 0 Å². The van der Waals surface area contributed by atoms with Crippen LogP contribution in [-0.4, -0.2) is 36.6 Å². The summed E-state index contributed by atoms with van der Waals surface area (Å²) >= 11 is 0. The second kappa shape index (κ2) is 5.31. The van der Waals surface area contributed by atoms with Crippen molar-refractivity contribution in [3.63, 3.8) is 0 Å². The fourth-order valence-corrected chi connectivity index (χ4v) is 3.39. The van der Waals surface area contributed by atoms with E-state index in [2.05, 4.69) is 24.2 Å². The molecule has 2 rings (SSSR count). The van der Waals surface area contributed by atoms with Crippen molar-refractivity contribution in [3.05, 3.63) is 0 Å². The van der Waals surface area contributed by atoms with Crippen LogP contribution in [0.4, 0.5) is 0 Å². The predicted octanol–water partition coefficient (Wildman–Crippen LogP) is 2.39. The molecule has 3 unspecified atom stereocenters. The zero-order valence-electron chi connectivity index (χ0n) is 10.3. The maximum Gasteiger partial charge on any atom is 0.0113 e. The summed E-state index contributed by atoms with van der Waals surface area (Å²) in [6.45, 7) is 3.77. The smallest absolute Gasteiger partial charge is 0.0113 e. The fourth-order valence-electron chi connectivity index (χ4n) is 3.39. The van der Waals surface area contributed by atoms with Crippen LogP contribution in [-0.2, 0) is 0 Å². The largest absolute Gasteiger partial charge is 0.317 e. The van der Waals surface area contributed by atoms with Crippen molar-refractivity contribution in [3.8, 4) is 0 Å². The average Bonchev–Trinajstić information content (AvgIpc) is 2.30. The lowest BCUT2D eigenvalue weighted by Crippen LogP contribution is -2.49. The van der Waals surface area contributed by atoms with E-state index in [1.807, 2.05) is 0 Å². The summed E-state index contributed by atoms with van der Waals surface area (Å²) in [6, 6.07) is 2.48. The van der Waals surface area contributed by atoms with Crippen molar-refractivity contribution in [1.82, 2.24) is 10.2 Å². The van der Waals surface area contributed by atoms with Crippen molar-refractivity contribution in [2.45, 2.75) is 70.0 Å². The Morgan fingerprint density at radius 3 is 2.67 bits per heavy atom. The molecule has 88 valence electrons. The Bertz CT molecular complexity index is 193. The minimum atomic E-state index is 0.776. The molecule has 0 radical (unpaired) electrons. The molecule has 0 amide bonds.